The third-order valence-electron chi connectivity index (χ3n) is 6.32. The molecule has 33 heavy (non-hydrogen) atoms. The lowest BCUT2D eigenvalue weighted by Gasteiger charge is -2.30. The number of nitro groups is 1. The summed E-state index contributed by atoms with van der Waals surface area (Å²) < 4.78 is 13.4. The van der Waals surface area contributed by atoms with Crippen LogP contribution in [0.15, 0.2) is 59.7 Å². The van der Waals surface area contributed by atoms with E-state index in [1.54, 1.807) is 19.1 Å². The maximum Gasteiger partial charge on any atom is 0.269 e. The monoisotopic (exact) mass is 448 g/mol. The van der Waals surface area contributed by atoms with Crippen molar-refractivity contribution in [1.29, 1.82) is 0 Å². The standard InChI is InChI=1S/C23H17FN4O5/c1-12-11-15(28(32)33)8-9-16(12)26-22(30)18-17-3-2-10-25-27(17)20(19(18)23(26)31)21(29)13-4-6-14(24)7-5-13/h2-11,17-20H,1H3/t17-,18-,19-,20+/m1/s1. The molecule has 0 aromatic heterocycles. The molecule has 0 aliphatic carbocycles. The number of hydrogen-bond acceptors (Lipinski definition) is 7. The minimum atomic E-state index is -1.05. The Balaban J connectivity index is 1.57. The molecule has 2 aromatic carbocycles. The van der Waals surface area contributed by atoms with Crippen molar-refractivity contribution < 1.29 is 23.7 Å². The van der Waals surface area contributed by atoms with E-state index in [1.807, 2.05) is 0 Å². The van der Waals surface area contributed by atoms with Gasteiger partial charge in [-0.1, -0.05) is 6.08 Å². The lowest BCUT2D eigenvalue weighted by Crippen LogP contribution is -2.46. The fraction of sp³-hybridized carbons (Fsp3) is 0.217. The Kier molecular flexibility index (Phi) is 4.66. The topological polar surface area (TPSA) is 113 Å². The highest BCUT2D eigenvalue weighted by Gasteiger charge is 2.64. The molecule has 2 saturated heterocycles. The van der Waals surface area contributed by atoms with Crippen molar-refractivity contribution in [3.8, 4) is 0 Å². The van der Waals surface area contributed by atoms with Gasteiger partial charge in [0.15, 0.2) is 5.78 Å². The number of carbonyl (C=O) groups excluding carboxylic acids is 3. The zero-order valence-electron chi connectivity index (χ0n) is 17.3. The van der Waals surface area contributed by atoms with Crippen LogP contribution in [0.25, 0.3) is 0 Å². The number of aryl methyl sites for hydroxylation is 1. The quantitative estimate of drug-likeness (QED) is 0.308. The van der Waals surface area contributed by atoms with Crippen LogP contribution in [0.3, 0.4) is 0 Å². The van der Waals surface area contributed by atoms with Gasteiger partial charge in [0, 0.05) is 23.9 Å². The van der Waals surface area contributed by atoms with Crippen molar-refractivity contribution in [1.82, 2.24) is 5.01 Å². The van der Waals surface area contributed by atoms with Crippen LogP contribution in [0.1, 0.15) is 15.9 Å². The number of nitro benzene ring substituents is 1. The third-order valence-corrected chi connectivity index (χ3v) is 6.32. The van der Waals surface area contributed by atoms with Crippen molar-refractivity contribution in [3.05, 3.63) is 81.7 Å². The Hall–Kier alpha value is -4.21. The van der Waals surface area contributed by atoms with E-state index in [2.05, 4.69) is 5.10 Å². The highest BCUT2D eigenvalue weighted by atomic mass is 19.1. The molecule has 3 aliphatic heterocycles. The predicted molar refractivity (Wildman–Crippen MR) is 115 cm³/mol. The molecule has 2 fully saturated rings. The molecule has 2 aromatic rings. The van der Waals surface area contributed by atoms with Gasteiger partial charge in [0.05, 0.1) is 28.5 Å². The molecule has 0 bridgehead atoms. The minimum absolute atomic E-state index is 0.157. The number of Topliss-reactive ketones (excluding diaryl/α,β-unsaturated/α-hetero) is 1. The van der Waals surface area contributed by atoms with Crippen molar-refractivity contribution in [2.45, 2.75) is 19.0 Å². The zero-order chi connectivity index (χ0) is 23.4. The number of benzene rings is 2. The zero-order valence-corrected chi connectivity index (χ0v) is 17.3. The molecule has 0 N–H and O–H groups in total. The number of allylic oxidation sites excluding steroid dienone is 1. The smallest absolute Gasteiger partial charge is 0.269 e. The summed E-state index contributed by atoms with van der Waals surface area (Å²) in [7, 11) is 0. The molecule has 4 atom stereocenters. The number of amides is 2. The molecular formula is C23H17FN4O5. The van der Waals surface area contributed by atoms with Gasteiger partial charge >= 0.3 is 0 Å². The van der Waals surface area contributed by atoms with E-state index in [9.17, 15) is 28.9 Å². The fourth-order valence-corrected chi connectivity index (χ4v) is 4.86. The first kappa shape index (κ1) is 20.7. The summed E-state index contributed by atoms with van der Waals surface area (Å²) in [5, 5.41) is 16.8. The summed E-state index contributed by atoms with van der Waals surface area (Å²) in [4.78, 5) is 52.0. The van der Waals surface area contributed by atoms with Gasteiger partial charge in [-0.3, -0.25) is 29.5 Å². The summed E-state index contributed by atoms with van der Waals surface area (Å²) >= 11 is 0. The molecule has 9 nitrogen and oxygen atoms in total. The van der Waals surface area contributed by atoms with Crippen molar-refractivity contribution >= 4 is 35.2 Å². The second-order valence-corrected chi connectivity index (χ2v) is 8.13. The maximum absolute atomic E-state index is 13.6. The highest BCUT2D eigenvalue weighted by molar-refractivity contribution is 6.25. The summed E-state index contributed by atoms with van der Waals surface area (Å²) in [6.45, 7) is 1.58. The normalized spacial score (nSPS) is 25.4. The van der Waals surface area contributed by atoms with Crippen LogP contribution >= 0.6 is 0 Å². The second kappa shape index (κ2) is 7.44. The number of ketones is 1. The molecule has 3 aliphatic rings. The molecule has 0 saturated carbocycles. The lowest BCUT2D eigenvalue weighted by atomic mass is 9.86. The molecular weight excluding hydrogens is 431 g/mol. The Bertz CT molecular complexity index is 1270. The summed E-state index contributed by atoms with van der Waals surface area (Å²) in [5.41, 5.74) is 0.681. The van der Waals surface area contributed by atoms with Crippen LogP contribution in [-0.2, 0) is 9.59 Å². The number of hydrazone groups is 1. The van der Waals surface area contributed by atoms with Crippen LogP contribution in [-0.4, -0.2) is 45.8 Å². The molecule has 2 amide bonds. The molecule has 10 heteroatoms. The van der Waals surface area contributed by atoms with Crippen molar-refractivity contribution in [2.75, 3.05) is 4.90 Å². The molecule has 3 heterocycles. The SMILES string of the molecule is Cc1cc([N+](=O)[O-])ccc1N1C(=O)[C@@H]2[C@H](C1=O)[C@H]1C=CC=NN1[C@@H]2C(=O)c1ccc(F)cc1. The van der Waals surface area contributed by atoms with Gasteiger partial charge in [-0.2, -0.15) is 5.10 Å². The largest absolute Gasteiger partial charge is 0.292 e. The van der Waals surface area contributed by atoms with Crippen LogP contribution in [0.4, 0.5) is 15.8 Å². The van der Waals surface area contributed by atoms with E-state index >= 15 is 0 Å². The summed E-state index contributed by atoms with van der Waals surface area (Å²) in [6, 6.07) is 7.23. The molecule has 5 rings (SSSR count). The Morgan fingerprint density at radius 1 is 1.09 bits per heavy atom. The first-order valence-electron chi connectivity index (χ1n) is 10.2. The van der Waals surface area contributed by atoms with Gasteiger partial charge in [0.25, 0.3) is 5.69 Å². The van der Waals surface area contributed by atoms with Gasteiger partial charge in [-0.25, -0.2) is 9.29 Å². The fourth-order valence-electron chi connectivity index (χ4n) is 4.86. The van der Waals surface area contributed by atoms with Gasteiger partial charge in [0.2, 0.25) is 11.8 Å². The number of hydrogen-bond donors (Lipinski definition) is 0. The average molecular weight is 448 g/mol. The Morgan fingerprint density at radius 2 is 1.79 bits per heavy atom. The van der Waals surface area contributed by atoms with Crippen molar-refractivity contribution in [2.24, 2.45) is 16.9 Å². The summed E-state index contributed by atoms with van der Waals surface area (Å²) in [6.07, 6.45) is 4.86. The average Bonchev–Trinajstić information content (AvgIpc) is 3.27. The third kappa shape index (κ3) is 3.05. The van der Waals surface area contributed by atoms with E-state index in [4.69, 9.17) is 0 Å². The van der Waals surface area contributed by atoms with E-state index in [1.165, 1.54) is 41.6 Å². The number of imide groups is 1. The minimum Gasteiger partial charge on any atom is -0.292 e. The van der Waals surface area contributed by atoms with E-state index in [-0.39, 0.29) is 16.9 Å². The predicted octanol–water partition coefficient (Wildman–Crippen LogP) is 2.64. The number of carbonyl (C=O) groups is 3. The Morgan fingerprint density at radius 3 is 2.45 bits per heavy atom. The van der Waals surface area contributed by atoms with Crippen LogP contribution in [0, 0.1) is 34.7 Å². The van der Waals surface area contributed by atoms with Gasteiger partial charge in [-0.15, -0.1) is 0 Å². The van der Waals surface area contributed by atoms with E-state index in [0.717, 1.165) is 17.0 Å². The molecule has 166 valence electrons. The van der Waals surface area contributed by atoms with Crippen LogP contribution in [0.2, 0.25) is 0 Å². The van der Waals surface area contributed by atoms with Gasteiger partial charge in [0.1, 0.15) is 11.9 Å². The van der Waals surface area contributed by atoms with Crippen LogP contribution < -0.4 is 4.90 Å². The number of rotatable bonds is 4. The first-order chi connectivity index (χ1) is 15.8. The van der Waals surface area contributed by atoms with Crippen molar-refractivity contribution in [3.63, 3.8) is 0 Å². The number of fused-ring (bicyclic) bond motifs is 3. The number of non-ortho nitro benzene ring substituents is 1. The summed E-state index contributed by atoms with van der Waals surface area (Å²) in [5.74, 6) is -3.86. The maximum atomic E-state index is 13.6. The Labute approximate surface area is 186 Å². The van der Waals surface area contributed by atoms with Gasteiger partial charge in [-0.05, 0) is 48.9 Å². The molecule has 0 spiro atoms. The number of nitrogens with zero attached hydrogens (tertiary/aromatic N) is 4. The lowest BCUT2D eigenvalue weighted by molar-refractivity contribution is -0.384. The number of halogens is 1. The van der Waals surface area contributed by atoms with E-state index < -0.39 is 52.3 Å². The number of anilines is 1. The highest BCUT2D eigenvalue weighted by Crippen LogP contribution is 2.46. The molecule has 0 unspecified atom stereocenters. The molecule has 0 radical (unpaired) electrons. The second-order valence-electron chi connectivity index (χ2n) is 8.13. The van der Waals surface area contributed by atoms with Gasteiger partial charge < -0.3 is 0 Å². The van der Waals surface area contributed by atoms with Crippen LogP contribution in [0.5, 0.6) is 0 Å². The first-order valence-corrected chi connectivity index (χ1v) is 10.2. The van der Waals surface area contributed by atoms with E-state index in [0.29, 0.717) is 5.56 Å².